The molecule has 4 aromatic rings. The van der Waals surface area contributed by atoms with E-state index in [-0.39, 0.29) is 18.2 Å². The monoisotopic (exact) mass is 462 g/mol. The number of nitrogens with one attached hydrogen (secondary N) is 3. The molecular weight excluding hydrogens is 436 g/mol. The van der Waals surface area contributed by atoms with Gasteiger partial charge >= 0.3 is 11.7 Å². The molecule has 2 aromatic heterocycles. The van der Waals surface area contributed by atoms with E-state index in [9.17, 15) is 24.3 Å². The summed E-state index contributed by atoms with van der Waals surface area (Å²) in [5.74, 6) is -1.86. The molecule has 9 nitrogen and oxygen atoms in total. The van der Waals surface area contributed by atoms with Crippen molar-refractivity contribution in [2.24, 2.45) is 0 Å². The van der Waals surface area contributed by atoms with Gasteiger partial charge in [-0.25, -0.2) is 14.2 Å². The van der Waals surface area contributed by atoms with Crippen LogP contribution in [0.15, 0.2) is 64.3 Å². The Morgan fingerprint density at radius 3 is 2.41 bits per heavy atom. The quantitative estimate of drug-likeness (QED) is 0.303. The number of H-pyrrole nitrogens is 2. The number of carbonyl (C=O) groups is 2. The third-order valence-corrected chi connectivity index (χ3v) is 6.00. The number of rotatable bonds is 9. The van der Waals surface area contributed by atoms with E-state index in [1.54, 1.807) is 30.5 Å². The van der Waals surface area contributed by atoms with Gasteiger partial charge in [-0.3, -0.25) is 9.59 Å². The van der Waals surface area contributed by atoms with Crippen molar-refractivity contribution in [3.05, 3.63) is 81.1 Å². The van der Waals surface area contributed by atoms with Gasteiger partial charge < -0.3 is 20.4 Å². The van der Waals surface area contributed by atoms with E-state index in [1.165, 1.54) is 0 Å². The van der Waals surface area contributed by atoms with Gasteiger partial charge in [0, 0.05) is 23.5 Å². The Kier molecular flexibility index (Phi) is 6.62. The lowest BCUT2D eigenvalue weighted by molar-refractivity contribution is -0.142. The number of benzene rings is 2. The van der Waals surface area contributed by atoms with E-state index < -0.39 is 35.2 Å². The molecule has 0 aliphatic heterocycles. The lowest BCUT2D eigenvalue weighted by Crippen LogP contribution is -2.49. The minimum Gasteiger partial charge on any atom is -0.480 e. The van der Waals surface area contributed by atoms with Crippen molar-refractivity contribution in [1.29, 1.82) is 0 Å². The Morgan fingerprint density at radius 1 is 1.03 bits per heavy atom. The molecule has 0 saturated heterocycles. The molecule has 34 heavy (non-hydrogen) atoms. The number of nitrogens with zero attached hydrogens (tertiary/aromatic N) is 1. The molecule has 1 amide bonds. The Bertz CT molecular complexity index is 1470. The molecule has 0 aliphatic carbocycles. The summed E-state index contributed by atoms with van der Waals surface area (Å²) >= 11 is 0. The number of carboxylic acids is 1. The maximum absolute atomic E-state index is 13.4. The highest BCUT2D eigenvalue weighted by Crippen LogP contribution is 2.22. The summed E-state index contributed by atoms with van der Waals surface area (Å²) in [4.78, 5) is 57.3. The predicted octanol–water partition coefficient (Wildman–Crippen LogP) is 2.71. The maximum Gasteiger partial charge on any atom is 0.329 e. The van der Waals surface area contributed by atoms with Crippen molar-refractivity contribution >= 4 is 33.7 Å². The summed E-state index contributed by atoms with van der Waals surface area (Å²) in [5, 5.41) is 13.3. The molecule has 0 saturated carbocycles. The molecule has 0 radical (unpaired) electrons. The molecule has 9 heteroatoms. The van der Waals surface area contributed by atoms with Crippen molar-refractivity contribution in [3.8, 4) is 0 Å². The summed E-state index contributed by atoms with van der Waals surface area (Å²) in [6.45, 7) is 1.93. The number of aromatic nitrogens is 3. The minimum absolute atomic E-state index is 0.0251. The summed E-state index contributed by atoms with van der Waals surface area (Å²) in [5.41, 5.74) is 0.605. The highest BCUT2D eigenvalue weighted by atomic mass is 16.4. The normalized spacial score (nSPS) is 13.1. The molecule has 2 atom stereocenters. The summed E-state index contributed by atoms with van der Waals surface area (Å²) in [7, 11) is 0. The fourth-order valence-electron chi connectivity index (χ4n) is 4.20. The second-order valence-electron chi connectivity index (χ2n) is 8.27. The van der Waals surface area contributed by atoms with Crippen LogP contribution in [0.25, 0.3) is 21.8 Å². The van der Waals surface area contributed by atoms with Crippen LogP contribution in [-0.4, -0.2) is 37.6 Å². The SMILES string of the molecule is CCCCC(NC(=O)C(Cc1c[nH]c2ccccc12)n1c(=O)[nH]c2ccccc2c1=O)C(=O)O. The van der Waals surface area contributed by atoms with E-state index in [1.807, 2.05) is 31.2 Å². The highest BCUT2D eigenvalue weighted by Gasteiger charge is 2.30. The molecule has 0 bridgehead atoms. The van der Waals surface area contributed by atoms with Crippen molar-refractivity contribution < 1.29 is 14.7 Å². The van der Waals surface area contributed by atoms with Crippen LogP contribution in [-0.2, 0) is 16.0 Å². The first-order chi connectivity index (χ1) is 16.4. The van der Waals surface area contributed by atoms with Gasteiger partial charge in [-0.05, 0) is 30.2 Å². The lowest BCUT2D eigenvalue weighted by atomic mass is 10.0. The number of aromatic amines is 2. The first-order valence-electron chi connectivity index (χ1n) is 11.2. The zero-order chi connectivity index (χ0) is 24.2. The van der Waals surface area contributed by atoms with Crippen LogP contribution in [0.4, 0.5) is 0 Å². The average Bonchev–Trinajstić information content (AvgIpc) is 3.23. The topological polar surface area (TPSA) is 137 Å². The summed E-state index contributed by atoms with van der Waals surface area (Å²) < 4.78 is 0.887. The maximum atomic E-state index is 13.4. The molecule has 176 valence electrons. The molecule has 0 fully saturated rings. The van der Waals surface area contributed by atoms with Gasteiger partial charge in [-0.2, -0.15) is 0 Å². The fraction of sp³-hybridized carbons (Fsp3) is 0.280. The van der Waals surface area contributed by atoms with Crippen LogP contribution in [0.3, 0.4) is 0 Å². The summed E-state index contributed by atoms with van der Waals surface area (Å²) in [6, 6.07) is 11.7. The third-order valence-electron chi connectivity index (χ3n) is 6.00. The second-order valence-corrected chi connectivity index (χ2v) is 8.27. The zero-order valence-corrected chi connectivity index (χ0v) is 18.7. The predicted molar refractivity (Wildman–Crippen MR) is 129 cm³/mol. The van der Waals surface area contributed by atoms with Crippen LogP contribution in [0.2, 0.25) is 0 Å². The van der Waals surface area contributed by atoms with Crippen LogP contribution >= 0.6 is 0 Å². The number of para-hydroxylation sites is 2. The van der Waals surface area contributed by atoms with E-state index in [2.05, 4.69) is 15.3 Å². The van der Waals surface area contributed by atoms with Crippen molar-refractivity contribution in [2.75, 3.05) is 0 Å². The smallest absolute Gasteiger partial charge is 0.329 e. The van der Waals surface area contributed by atoms with Crippen LogP contribution in [0, 0.1) is 0 Å². The molecule has 0 spiro atoms. The van der Waals surface area contributed by atoms with Gasteiger partial charge in [-0.15, -0.1) is 0 Å². The number of amides is 1. The van der Waals surface area contributed by atoms with Gasteiger partial charge in [0.25, 0.3) is 5.56 Å². The largest absolute Gasteiger partial charge is 0.480 e. The molecule has 4 N–H and O–H groups in total. The number of hydrogen-bond donors (Lipinski definition) is 4. The van der Waals surface area contributed by atoms with E-state index in [4.69, 9.17) is 0 Å². The first-order valence-corrected chi connectivity index (χ1v) is 11.2. The van der Waals surface area contributed by atoms with Crippen LogP contribution < -0.4 is 16.6 Å². The van der Waals surface area contributed by atoms with Crippen LogP contribution in [0.5, 0.6) is 0 Å². The summed E-state index contributed by atoms with van der Waals surface area (Å²) in [6.07, 6.45) is 3.39. The number of aliphatic carboxylic acids is 1. The molecule has 2 aromatic carbocycles. The number of fused-ring (bicyclic) bond motifs is 2. The van der Waals surface area contributed by atoms with Gasteiger partial charge in [0.1, 0.15) is 12.1 Å². The second kappa shape index (κ2) is 9.78. The third kappa shape index (κ3) is 4.50. The van der Waals surface area contributed by atoms with E-state index in [0.717, 1.165) is 27.5 Å². The Balaban J connectivity index is 1.81. The molecular formula is C25H26N4O5. The Morgan fingerprint density at radius 2 is 1.71 bits per heavy atom. The Labute approximate surface area is 194 Å². The number of carboxylic acid groups (broad SMARTS) is 1. The number of carbonyl (C=O) groups excluding carboxylic acids is 1. The van der Waals surface area contributed by atoms with E-state index >= 15 is 0 Å². The van der Waals surface area contributed by atoms with Crippen molar-refractivity contribution in [1.82, 2.24) is 19.9 Å². The Hall–Kier alpha value is -4.14. The zero-order valence-electron chi connectivity index (χ0n) is 18.7. The molecule has 2 unspecified atom stereocenters. The standard InChI is InChI=1S/C25H26N4O5/c1-2-3-10-20(24(32)33)27-22(30)21(13-15-14-26-18-11-6-4-8-16(15)18)29-23(31)17-9-5-7-12-19(17)28-25(29)34/h4-9,11-12,14,20-21,26H,2-3,10,13H2,1H3,(H,27,30)(H,28,34)(H,32,33). The van der Waals surface area contributed by atoms with Crippen molar-refractivity contribution in [3.63, 3.8) is 0 Å². The van der Waals surface area contributed by atoms with Gasteiger partial charge in [0.15, 0.2) is 0 Å². The van der Waals surface area contributed by atoms with Crippen LogP contribution in [0.1, 0.15) is 37.8 Å². The number of hydrogen-bond acceptors (Lipinski definition) is 4. The fourth-order valence-corrected chi connectivity index (χ4v) is 4.20. The molecule has 2 heterocycles. The molecule has 4 rings (SSSR count). The molecule has 0 aliphatic rings. The average molecular weight is 463 g/mol. The van der Waals surface area contributed by atoms with Gasteiger partial charge in [0.2, 0.25) is 5.91 Å². The van der Waals surface area contributed by atoms with Crippen molar-refractivity contribution in [2.45, 2.75) is 44.7 Å². The minimum atomic E-state index is -1.25. The first kappa shape index (κ1) is 23.0. The highest BCUT2D eigenvalue weighted by molar-refractivity contribution is 5.88. The lowest BCUT2D eigenvalue weighted by Gasteiger charge is -2.22. The number of unbranched alkanes of at least 4 members (excludes halogenated alkanes) is 1. The van der Waals surface area contributed by atoms with E-state index in [0.29, 0.717) is 11.9 Å². The van der Waals surface area contributed by atoms with Gasteiger partial charge in [0.05, 0.1) is 10.9 Å². The van der Waals surface area contributed by atoms with Gasteiger partial charge in [-0.1, -0.05) is 50.1 Å².